The number of benzene rings is 1. The van der Waals surface area contributed by atoms with Gasteiger partial charge in [-0.15, -0.1) is 0 Å². The van der Waals surface area contributed by atoms with Crippen LogP contribution < -0.4 is 0 Å². The minimum Gasteiger partial charge on any atom is -0.450 e. The van der Waals surface area contributed by atoms with Gasteiger partial charge < -0.3 is 4.42 Å². The number of furan rings is 1. The Hall–Kier alpha value is -2.23. The van der Waals surface area contributed by atoms with Crippen molar-refractivity contribution in [1.82, 2.24) is 0 Å². The Balaban J connectivity index is 2.39. The van der Waals surface area contributed by atoms with E-state index in [0.29, 0.717) is 6.29 Å². The molecule has 0 fully saturated rings. The number of carbonyl (C=O) groups is 2. The average molecular weight is 218 g/mol. The highest BCUT2D eigenvalue weighted by molar-refractivity contribution is 6.07. The third kappa shape index (κ3) is 1.77. The van der Waals surface area contributed by atoms with Crippen LogP contribution in [0, 0.1) is 5.82 Å². The Bertz CT molecular complexity index is 543. The molecule has 0 amide bonds. The molecule has 0 aliphatic heterocycles. The zero-order valence-corrected chi connectivity index (χ0v) is 8.14. The van der Waals surface area contributed by atoms with Crippen LogP contribution in [0.25, 0.3) is 0 Å². The number of halogens is 1. The molecule has 3 nitrogen and oxygen atoms in total. The summed E-state index contributed by atoms with van der Waals surface area (Å²) in [4.78, 5) is 22.1. The first kappa shape index (κ1) is 10.3. The lowest BCUT2D eigenvalue weighted by Gasteiger charge is -1.98. The van der Waals surface area contributed by atoms with Crippen molar-refractivity contribution in [3.05, 3.63) is 59.3 Å². The molecule has 0 saturated carbocycles. The second kappa shape index (κ2) is 4.10. The summed E-state index contributed by atoms with van der Waals surface area (Å²) in [7, 11) is 0. The maximum Gasteiger partial charge on any atom is 0.231 e. The van der Waals surface area contributed by atoms with Crippen molar-refractivity contribution in [3.8, 4) is 0 Å². The van der Waals surface area contributed by atoms with E-state index >= 15 is 0 Å². The van der Waals surface area contributed by atoms with Crippen LogP contribution in [-0.4, -0.2) is 12.1 Å². The monoisotopic (exact) mass is 218 g/mol. The van der Waals surface area contributed by atoms with Crippen LogP contribution in [0.3, 0.4) is 0 Å². The van der Waals surface area contributed by atoms with Crippen LogP contribution in [0.1, 0.15) is 26.7 Å². The van der Waals surface area contributed by atoms with E-state index in [1.165, 1.54) is 30.3 Å². The highest BCUT2D eigenvalue weighted by Gasteiger charge is 2.16. The van der Waals surface area contributed by atoms with Crippen molar-refractivity contribution in [2.45, 2.75) is 0 Å². The summed E-state index contributed by atoms with van der Waals surface area (Å²) in [5.74, 6) is -1.20. The first-order chi connectivity index (χ1) is 7.72. The van der Waals surface area contributed by atoms with Crippen LogP contribution in [0.2, 0.25) is 0 Å². The second-order valence-corrected chi connectivity index (χ2v) is 3.13. The van der Waals surface area contributed by atoms with Crippen LogP contribution in [-0.2, 0) is 0 Å². The summed E-state index contributed by atoms with van der Waals surface area (Å²) in [5.41, 5.74) is -0.0747. The van der Waals surface area contributed by atoms with E-state index in [1.807, 2.05) is 0 Å². The number of ketones is 1. The zero-order chi connectivity index (χ0) is 11.5. The fourth-order valence-corrected chi connectivity index (χ4v) is 1.32. The fraction of sp³-hybridized carbons (Fsp3) is 0. The van der Waals surface area contributed by atoms with Crippen LogP contribution in [0.4, 0.5) is 4.39 Å². The summed E-state index contributed by atoms with van der Waals surface area (Å²) in [5, 5.41) is 0. The van der Waals surface area contributed by atoms with E-state index in [1.54, 1.807) is 6.07 Å². The van der Waals surface area contributed by atoms with E-state index in [-0.39, 0.29) is 17.1 Å². The Morgan fingerprint density at radius 1 is 1.19 bits per heavy atom. The maximum absolute atomic E-state index is 13.3. The highest BCUT2D eigenvalue weighted by atomic mass is 19.1. The lowest BCUT2D eigenvalue weighted by Crippen LogP contribution is -2.02. The minimum absolute atomic E-state index is 0.0414. The molecule has 80 valence electrons. The molecule has 1 aromatic carbocycles. The van der Waals surface area contributed by atoms with Crippen molar-refractivity contribution in [1.29, 1.82) is 0 Å². The van der Waals surface area contributed by atoms with Gasteiger partial charge in [-0.3, -0.25) is 9.59 Å². The first-order valence-corrected chi connectivity index (χ1v) is 4.56. The molecule has 0 aliphatic rings. The molecule has 0 N–H and O–H groups in total. The van der Waals surface area contributed by atoms with Crippen molar-refractivity contribution in [2.24, 2.45) is 0 Å². The van der Waals surface area contributed by atoms with Gasteiger partial charge in [0.2, 0.25) is 5.78 Å². The van der Waals surface area contributed by atoms with Gasteiger partial charge in [0.05, 0.1) is 5.56 Å². The Kier molecular flexibility index (Phi) is 2.64. The average Bonchev–Trinajstić information content (AvgIpc) is 2.77. The van der Waals surface area contributed by atoms with Crippen molar-refractivity contribution in [2.75, 3.05) is 0 Å². The first-order valence-electron chi connectivity index (χ1n) is 4.56. The Labute approximate surface area is 90.5 Å². The molecule has 0 spiro atoms. The molecule has 0 unspecified atom stereocenters. The summed E-state index contributed by atoms with van der Waals surface area (Å²) in [6, 6.07) is 8.31. The molecule has 0 atom stereocenters. The van der Waals surface area contributed by atoms with Crippen molar-refractivity contribution in [3.63, 3.8) is 0 Å². The van der Waals surface area contributed by atoms with Gasteiger partial charge in [-0.25, -0.2) is 4.39 Å². The molecule has 0 aliphatic carbocycles. The predicted molar refractivity (Wildman–Crippen MR) is 53.9 cm³/mol. The van der Waals surface area contributed by atoms with Gasteiger partial charge in [0.15, 0.2) is 17.8 Å². The van der Waals surface area contributed by atoms with Gasteiger partial charge in [0, 0.05) is 0 Å². The van der Waals surface area contributed by atoms with Gasteiger partial charge >= 0.3 is 0 Å². The van der Waals surface area contributed by atoms with E-state index < -0.39 is 11.6 Å². The van der Waals surface area contributed by atoms with E-state index in [4.69, 9.17) is 4.42 Å². The zero-order valence-electron chi connectivity index (χ0n) is 8.14. The maximum atomic E-state index is 13.3. The van der Waals surface area contributed by atoms with Crippen LogP contribution >= 0.6 is 0 Å². The molecule has 0 bridgehead atoms. The Morgan fingerprint density at radius 3 is 2.56 bits per heavy atom. The van der Waals surface area contributed by atoms with Gasteiger partial charge in [0.1, 0.15) is 5.82 Å². The van der Waals surface area contributed by atoms with E-state index in [9.17, 15) is 14.0 Å². The van der Waals surface area contributed by atoms with Crippen LogP contribution in [0.5, 0.6) is 0 Å². The third-order valence-corrected chi connectivity index (χ3v) is 2.09. The molecule has 0 radical (unpaired) electrons. The SMILES string of the molecule is O=Cc1ccc(C(=O)c2ccccc2F)o1. The summed E-state index contributed by atoms with van der Waals surface area (Å²) < 4.78 is 18.2. The molecule has 2 aromatic rings. The third-order valence-electron chi connectivity index (χ3n) is 2.09. The van der Waals surface area contributed by atoms with Gasteiger partial charge in [-0.1, -0.05) is 12.1 Å². The molecule has 4 heteroatoms. The van der Waals surface area contributed by atoms with Crippen molar-refractivity contribution >= 4 is 12.1 Å². The standard InChI is InChI=1S/C12H7FO3/c13-10-4-2-1-3-9(10)12(15)11-6-5-8(7-14)16-11/h1-7H. The summed E-state index contributed by atoms with van der Waals surface area (Å²) in [6.45, 7) is 0. The number of hydrogen-bond donors (Lipinski definition) is 0. The normalized spacial score (nSPS) is 10.1. The molecule has 0 saturated heterocycles. The number of aldehydes is 1. The molecule has 16 heavy (non-hydrogen) atoms. The smallest absolute Gasteiger partial charge is 0.231 e. The molecular formula is C12H7FO3. The lowest BCUT2D eigenvalue weighted by atomic mass is 10.1. The highest BCUT2D eigenvalue weighted by Crippen LogP contribution is 2.15. The molecule has 1 heterocycles. The van der Waals surface area contributed by atoms with Gasteiger partial charge in [-0.05, 0) is 24.3 Å². The molecule has 2 rings (SSSR count). The van der Waals surface area contributed by atoms with Gasteiger partial charge in [-0.2, -0.15) is 0 Å². The van der Waals surface area contributed by atoms with Crippen LogP contribution in [0.15, 0.2) is 40.8 Å². The molecule has 1 aromatic heterocycles. The number of carbonyl (C=O) groups excluding carboxylic acids is 2. The number of hydrogen-bond acceptors (Lipinski definition) is 3. The summed E-state index contributed by atoms with van der Waals surface area (Å²) >= 11 is 0. The van der Waals surface area contributed by atoms with Gasteiger partial charge in [0.25, 0.3) is 0 Å². The predicted octanol–water partition coefficient (Wildman–Crippen LogP) is 2.46. The number of rotatable bonds is 3. The van der Waals surface area contributed by atoms with Crippen molar-refractivity contribution < 1.29 is 18.4 Å². The van der Waals surface area contributed by atoms with E-state index in [0.717, 1.165) is 0 Å². The minimum atomic E-state index is -0.614. The fourth-order valence-electron chi connectivity index (χ4n) is 1.32. The lowest BCUT2D eigenvalue weighted by molar-refractivity contribution is 0.100. The summed E-state index contributed by atoms with van der Waals surface area (Å²) in [6.07, 6.45) is 0.484. The van der Waals surface area contributed by atoms with E-state index in [2.05, 4.69) is 0 Å². The quantitative estimate of drug-likeness (QED) is 0.587. The Morgan fingerprint density at radius 2 is 1.94 bits per heavy atom. The largest absolute Gasteiger partial charge is 0.450 e. The second-order valence-electron chi connectivity index (χ2n) is 3.13. The topological polar surface area (TPSA) is 47.3 Å². The molecular weight excluding hydrogens is 211 g/mol.